The number of fused-ring (bicyclic) bond motifs is 11. The van der Waals surface area contributed by atoms with E-state index in [9.17, 15) is 0 Å². The van der Waals surface area contributed by atoms with Crippen LogP contribution in [0, 0.1) is 13.8 Å². The first-order valence-corrected chi connectivity index (χ1v) is 14.0. The third-order valence-electron chi connectivity index (χ3n) is 8.57. The molecule has 0 aliphatic carbocycles. The summed E-state index contributed by atoms with van der Waals surface area (Å²) in [6.45, 7) is 4.29. The van der Waals surface area contributed by atoms with Crippen molar-refractivity contribution in [1.82, 2.24) is 0 Å². The second-order valence-corrected chi connectivity index (χ2v) is 11.1. The highest BCUT2D eigenvalue weighted by molar-refractivity contribution is 6.39. The van der Waals surface area contributed by atoms with E-state index in [4.69, 9.17) is 0 Å². The molecule has 8 aromatic rings. The first kappa shape index (κ1) is 23.0. The van der Waals surface area contributed by atoms with Crippen LogP contribution in [0.3, 0.4) is 0 Å². The van der Waals surface area contributed by atoms with Crippen molar-refractivity contribution in [2.24, 2.45) is 0 Å². The normalized spacial score (nSPS) is 11.8. The van der Waals surface area contributed by atoms with E-state index in [1.54, 1.807) is 0 Å². The van der Waals surface area contributed by atoms with Crippen LogP contribution in [0.2, 0.25) is 0 Å². The van der Waals surface area contributed by atoms with Crippen LogP contribution in [0.25, 0.3) is 76.1 Å². The van der Waals surface area contributed by atoms with Crippen molar-refractivity contribution in [3.05, 3.63) is 145 Å². The summed E-state index contributed by atoms with van der Waals surface area (Å²) in [6.07, 6.45) is 0. The van der Waals surface area contributed by atoms with Gasteiger partial charge < -0.3 is 0 Å². The van der Waals surface area contributed by atoms with E-state index in [0.29, 0.717) is 0 Å². The van der Waals surface area contributed by atoms with Gasteiger partial charge in [-0.1, -0.05) is 132 Å². The minimum absolute atomic E-state index is 1.25. The van der Waals surface area contributed by atoms with E-state index in [1.165, 1.54) is 87.2 Å². The number of aryl methyl sites for hydroxylation is 2. The fourth-order valence-corrected chi connectivity index (χ4v) is 6.52. The summed E-state index contributed by atoms with van der Waals surface area (Å²) in [4.78, 5) is 0. The summed E-state index contributed by atoms with van der Waals surface area (Å²) < 4.78 is 0. The molecule has 0 aliphatic heterocycles. The predicted molar refractivity (Wildman–Crippen MR) is 174 cm³/mol. The molecule has 0 fully saturated rings. The van der Waals surface area contributed by atoms with Crippen LogP contribution < -0.4 is 0 Å². The van der Waals surface area contributed by atoms with Gasteiger partial charge in [0.15, 0.2) is 0 Å². The maximum atomic E-state index is 2.41. The lowest BCUT2D eigenvalue weighted by atomic mass is 9.85. The Morgan fingerprint density at radius 3 is 1.00 bits per heavy atom. The standard InChI is InChI=1S/C40H28/c1-25-11-15-27(16-12-25)29-19-21-33-34-22-20-30(28-17-13-26(2)14-18-28)24-38(34)40-36-10-6-4-8-32(36)31-7-3-5-9-35(31)39(40)37(33)23-29/h3-24H,1-2H3. The minimum atomic E-state index is 1.25. The molecule has 0 atom stereocenters. The third-order valence-corrected chi connectivity index (χ3v) is 8.57. The molecule has 0 heterocycles. The monoisotopic (exact) mass is 508 g/mol. The fraction of sp³-hybridized carbons (Fsp3) is 0.0500. The minimum Gasteiger partial charge on any atom is -0.0616 e. The average Bonchev–Trinajstić information content (AvgIpc) is 3.01. The topological polar surface area (TPSA) is 0 Å². The van der Waals surface area contributed by atoms with Crippen LogP contribution in [-0.2, 0) is 0 Å². The Kier molecular flexibility index (Phi) is 5.06. The summed E-state index contributed by atoms with van der Waals surface area (Å²) in [6, 6.07) is 49.7. The maximum Gasteiger partial charge on any atom is -0.00137 e. The van der Waals surface area contributed by atoms with Crippen LogP contribution in [0.5, 0.6) is 0 Å². The molecule has 0 bridgehead atoms. The van der Waals surface area contributed by atoms with Gasteiger partial charge in [-0.15, -0.1) is 0 Å². The lowest BCUT2D eigenvalue weighted by Crippen LogP contribution is -1.90. The van der Waals surface area contributed by atoms with Crippen molar-refractivity contribution in [1.29, 1.82) is 0 Å². The molecule has 0 amide bonds. The van der Waals surface area contributed by atoms with Gasteiger partial charge >= 0.3 is 0 Å². The van der Waals surface area contributed by atoms with E-state index in [1.807, 2.05) is 0 Å². The van der Waals surface area contributed by atoms with Gasteiger partial charge in [0, 0.05) is 0 Å². The zero-order valence-corrected chi connectivity index (χ0v) is 22.7. The Hall–Kier alpha value is -4.94. The first-order valence-electron chi connectivity index (χ1n) is 14.0. The Balaban J connectivity index is 1.59. The van der Waals surface area contributed by atoms with E-state index in [2.05, 4.69) is 147 Å². The molecule has 0 unspecified atom stereocenters. The molecule has 0 saturated heterocycles. The molecule has 0 N–H and O–H groups in total. The number of hydrogen-bond acceptors (Lipinski definition) is 0. The van der Waals surface area contributed by atoms with Gasteiger partial charge in [-0.2, -0.15) is 0 Å². The highest BCUT2D eigenvalue weighted by atomic mass is 14.2. The van der Waals surface area contributed by atoms with Gasteiger partial charge in [0.1, 0.15) is 0 Å². The maximum absolute atomic E-state index is 2.41. The van der Waals surface area contributed by atoms with Crippen molar-refractivity contribution >= 4 is 53.9 Å². The second-order valence-electron chi connectivity index (χ2n) is 11.1. The van der Waals surface area contributed by atoms with Crippen LogP contribution in [-0.4, -0.2) is 0 Å². The van der Waals surface area contributed by atoms with Gasteiger partial charge in [-0.25, -0.2) is 0 Å². The summed E-state index contributed by atoms with van der Waals surface area (Å²) in [5.74, 6) is 0. The summed E-state index contributed by atoms with van der Waals surface area (Å²) >= 11 is 0. The predicted octanol–water partition coefficient (Wildman–Crippen LogP) is 11.4. The van der Waals surface area contributed by atoms with Crippen LogP contribution >= 0.6 is 0 Å². The van der Waals surface area contributed by atoms with Crippen molar-refractivity contribution in [2.45, 2.75) is 13.8 Å². The molecule has 0 aromatic heterocycles. The quantitative estimate of drug-likeness (QED) is 0.204. The second kappa shape index (κ2) is 8.79. The SMILES string of the molecule is Cc1ccc(-c2ccc3c4ccc(-c5ccc(C)cc5)cc4c4c5ccccc5c5ccccc5c4c3c2)cc1. The summed E-state index contributed by atoms with van der Waals surface area (Å²) in [7, 11) is 0. The van der Waals surface area contributed by atoms with Gasteiger partial charge in [-0.05, 0) is 102 Å². The van der Waals surface area contributed by atoms with Crippen molar-refractivity contribution in [3.63, 3.8) is 0 Å². The Labute approximate surface area is 234 Å². The molecular weight excluding hydrogens is 480 g/mol. The lowest BCUT2D eigenvalue weighted by molar-refractivity contribution is 1.47. The molecule has 0 spiro atoms. The molecule has 0 radical (unpaired) electrons. The molecule has 0 heteroatoms. The molecule has 8 rings (SSSR count). The first-order chi connectivity index (χ1) is 19.7. The van der Waals surface area contributed by atoms with Crippen molar-refractivity contribution in [3.8, 4) is 22.3 Å². The molecule has 40 heavy (non-hydrogen) atoms. The highest BCUT2D eigenvalue weighted by Crippen LogP contribution is 2.45. The lowest BCUT2D eigenvalue weighted by Gasteiger charge is -2.18. The molecule has 8 aromatic carbocycles. The summed E-state index contributed by atoms with van der Waals surface area (Å²) in [5.41, 5.74) is 7.56. The Morgan fingerprint density at radius 1 is 0.275 bits per heavy atom. The molecular formula is C40H28. The zero-order chi connectivity index (χ0) is 26.8. The van der Waals surface area contributed by atoms with Crippen LogP contribution in [0.1, 0.15) is 11.1 Å². The van der Waals surface area contributed by atoms with Crippen molar-refractivity contribution < 1.29 is 0 Å². The van der Waals surface area contributed by atoms with Gasteiger partial charge in [0.05, 0.1) is 0 Å². The van der Waals surface area contributed by atoms with Gasteiger partial charge in [0.2, 0.25) is 0 Å². The zero-order valence-electron chi connectivity index (χ0n) is 22.7. The number of benzene rings is 8. The molecule has 0 saturated carbocycles. The number of rotatable bonds is 2. The van der Waals surface area contributed by atoms with E-state index in [0.717, 1.165) is 0 Å². The molecule has 0 aliphatic rings. The van der Waals surface area contributed by atoms with E-state index >= 15 is 0 Å². The Bertz CT molecular complexity index is 2090. The molecule has 188 valence electrons. The van der Waals surface area contributed by atoms with Crippen LogP contribution in [0.4, 0.5) is 0 Å². The molecule has 0 nitrogen and oxygen atoms in total. The van der Waals surface area contributed by atoms with Gasteiger partial charge in [-0.3, -0.25) is 0 Å². The largest absolute Gasteiger partial charge is 0.0616 e. The van der Waals surface area contributed by atoms with Crippen molar-refractivity contribution in [2.75, 3.05) is 0 Å². The van der Waals surface area contributed by atoms with Gasteiger partial charge in [0.25, 0.3) is 0 Å². The van der Waals surface area contributed by atoms with E-state index < -0.39 is 0 Å². The Morgan fingerprint density at radius 2 is 0.600 bits per heavy atom. The fourth-order valence-electron chi connectivity index (χ4n) is 6.52. The number of hydrogen-bond donors (Lipinski definition) is 0. The highest BCUT2D eigenvalue weighted by Gasteiger charge is 2.17. The van der Waals surface area contributed by atoms with Crippen LogP contribution in [0.15, 0.2) is 133 Å². The smallest absolute Gasteiger partial charge is 0.00137 e. The van der Waals surface area contributed by atoms with E-state index in [-0.39, 0.29) is 0 Å². The summed E-state index contributed by atoms with van der Waals surface area (Å²) in [5, 5.41) is 13.1. The third kappa shape index (κ3) is 3.46. The average molecular weight is 509 g/mol.